The SMILES string of the molecule is CC1(C)Cc2cc(C(Br)c3sccc3Br)ccc2O1. The third kappa shape index (κ3) is 2.63. The normalized spacial score (nSPS) is 17.9. The van der Waals surface area contributed by atoms with Gasteiger partial charge in [-0.1, -0.05) is 28.1 Å². The second-order valence-corrected chi connectivity index (χ2v) is 8.12. The Morgan fingerprint density at radius 1 is 1.32 bits per heavy atom. The lowest BCUT2D eigenvalue weighted by atomic mass is 9.99. The molecule has 3 rings (SSSR count). The predicted molar refractivity (Wildman–Crippen MR) is 87.6 cm³/mol. The second kappa shape index (κ2) is 4.90. The van der Waals surface area contributed by atoms with Gasteiger partial charge in [0, 0.05) is 15.8 Å². The zero-order valence-corrected chi connectivity index (χ0v) is 14.7. The van der Waals surface area contributed by atoms with Crippen LogP contribution in [-0.2, 0) is 6.42 Å². The number of hydrogen-bond donors (Lipinski definition) is 0. The average molecular weight is 402 g/mol. The monoisotopic (exact) mass is 400 g/mol. The van der Waals surface area contributed by atoms with Crippen molar-refractivity contribution in [2.45, 2.75) is 30.7 Å². The van der Waals surface area contributed by atoms with Gasteiger partial charge in [-0.15, -0.1) is 11.3 Å². The Kier molecular flexibility index (Phi) is 3.52. The number of thiophene rings is 1. The first-order valence-electron chi connectivity index (χ1n) is 6.15. The highest BCUT2D eigenvalue weighted by Gasteiger charge is 2.30. The molecule has 2 heterocycles. The third-order valence-electron chi connectivity index (χ3n) is 3.25. The van der Waals surface area contributed by atoms with Crippen molar-refractivity contribution >= 4 is 43.2 Å². The van der Waals surface area contributed by atoms with Crippen LogP contribution in [0.2, 0.25) is 0 Å². The van der Waals surface area contributed by atoms with E-state index in [1.54, 1.807) is 11.3 Å². The zero-order chi connectivity index (χ0) is 13.6. The minimum absolute atomic E-state index is 0.0771. The standard InChI is InChI=1S/C15H14Br2OS/c1-15(2)8-10-7-9(3-4-12(10)18-15)13(17)14-11(16)5-6-19-14/h3-7,13H,8H2,1-2H3. The Labute approximate surface area is 134 Å². The van der Waals surface area contributed by atoms with Crippen molar-refractivity contribution < 1.29 is 4.74 Å². The molecule has 19 heavy (non-hydrogen) atoms. The van der Waals surface area contributed by atoms with Crippen LogP contribution < -0.4 is 4.74 Å². The van der Waals surface area contributed by atoms with E-state index in [0.29, 0.717) is 0 Å². The van der Waals surface area contributed by atoms with Gasteiger partial charge in [-0.25, -0.2) is 0 Å². The first kappa shape index (κ1) is 13.7. The molecule has 0 N–H and O–H groups in total. The Bertz CT molecular complexity index is 618. The molecule has 0 aliphatic carbocycles. The third-order valence-corrected chi connectivity index (χ3v) is 6.48. The fourth-order valence-electron chi connectivity index (χ4n) is 2.42. The summed E-state index contributed by atoms with van der Waals surface area (Å²) < 4.78 is 7.08. The van der Waals surface area contributed by atoms with Crippen molar-refractivity contribution in [1.29, 1.82) is 0 Å². The molecule has 1 aliphatic rings. The quantitative estimate of drug-likeness (QED) is 0.585. The molecular weight excluding hydrogens is 388 g/mol. The fourth-order valence-corrected chi connectivity index (χ4v) is 5.19. The molecule has 1 atom stereocenters. The summed E-state index contributed by atoms with van der Waals surface area (Å²) in [6.07, 6.45) is 0.974. The van der Waals surface area contributed by atoms with Crippen molar-refractivity contribution in [2.75, 3.05) is 0 Å². The molecule has 0 radical (unpaired) electrons. The number of ether oxygens (including phenoxy) is 1. The van der Waals surface area contributed by atoms with E-state index < -0.39 is 0 Å². The first-order valence-corrected chi connectivity index (χ1v) is 8.74. The van der Waals surface area contributed by atoms with Gasteiger partial charge in [0.25, 0.3) is 0 Å². The molecular formula is C15H14Br2OS. The molecule has 0 fully saturated rings. The lowest BCUT2D eigenvalue weighted by Gasteiger charge is -2.16. The number of benzene rings is 1. The maximum absolute atomic E-state index is 5.92. The Hall–Kier alpha value is -0.320. The van der Waals surface area contributed by atoms with E-state index in [9.17, 15) is 0 Å². The number of halogens is 2. The highest BCUT2D eigenvalue weighted by molar-refractivity contribution is 9.11. The van der Waals surface area contributed by atoms with Gasteiger partial charge in [0.05, 0.1) is 4.83 Å². The van der Waals surface area contributed by atoms with Gasteiger partial charge in [-0.05, 0) is 58.4 Å². The topological polar surface area (TPSA) is 9.23 Å². The largest absolute Gasteiger partial charge is 0.487 e. The number of alkyl halides is 1. The summed E-state index contributed by atoms with van der Waals surface area (Å²) in [6, 6.07) is 8.59. The van der Waals surface area contributed by atoms with Crippen LogP contribution in [0.4, 0.5) is 0 Å². The van der Waals surface area contributed by atoms with Crippen LogP contribution >= 0.6 is 43.2 Å². The van der Waals surface area contributed by atoms with Crippen LogP contribution in [0.15, 0.2) is 34.1 Å². The molecule has 1 aromatic heterocycles. The van der Waals surface area contributed by atoms with Crippen LogP contribution in [0.1, 0.15) is 34.7 Å². The average Bonchev–Trinajstić information content (AvgIpc) is 2.88. The summed E-state index contributed by atoms with van der Waals surface area (Å²) in [6.45, 7) is 4.27. The summed E-state index contributed by atoms with van der Waals surface area (Å²) >= 11 is 9.16. The summed E-state index contributed by atoms with van der Waals surface area (Å²) in [7, 11) is 0. The van der Waals surface area contributed by atoms with E-state index in [0.717, 1.165) is 16.6 Å². The highest BCUT2D eigenvalue weighted by atomic mass is 79.9. The molecule has 1 unspecified atom stereocenters. The van der Waals surface area contributed by atoms with E-state index in [-0.39, 0.29) is 10.4 Å². The molecule has 0 saturated carbocycles. The fraction of sp³-hybridized carbons (Fsp3) is 0.333. The van der Waals surface area contributed by atoms with E-state index in [1.807, 2.05) is 0 Å². The lowest BCUT2D eigenvalue weighted by molar-refractivity contribution is 0.138. The van der Waals surface area contributed by atoms with Gasteiger partial charge < -0.3 is 4.74 Å². The van der Waals surface area contributed by atoms with Gasteiger partial charge in [-0.2, -0.15) is 0 Å². The van der Waals surface area contributed by atoms with Crippen LogP contribution in [0.25, 0.3) is 0 Å². The molecule has 1 nitrogen and oxygen atoms in total. The summed E-state index contributed by atoms with van der Waals surface area (Å²) in [4.78, 5) is 1.54. The van der Waals surface area contributed by atoms with E-state index in [4.69, 9.17) is 4.74 Å². The van der Waals surface area contributed by atoms with Crippen molar-refractivity contribution in [3.8, 4) is 5.75 Å². The number of fused-ring (bicyclic) bond motifs is 1. The zero-order valence-electron chi connectivity index (χ0n) is 10.7. The van der Waals surface area contributed by atoms with Crippen molar-refractivity contribution in [3.05, 3.63) is 50.1 Å². The van der Waals surface area contributed by atoms with Gasteiger partial charge in [0.2, 0.25) is 0 Å². The van der Waals surface area contributed by atoms with Gasteiger partial charge in [-0.3, -0.25) is 0 Å². The first-order chi connectivity index (χ1) is 8.96. The minimum Gasteiger partial charge on any atom is -0.487 e. The molecule has 1 aliphatic heterocycles. The van der Waals surface area contributed by atoms with Crippen LogP contribution in [0.3, 0.4) is 0 Å². The summed E-state index contributed by atoms with van der Waals surface area (Å²) in [5.74, 6) is 1.03. The van der Waals surface area contributed by atoms with Gasteiger partial charge >= 0.3 is 0 Å². The summed E-state index contributed by atoms with van der Waals surface area (Å²) in [5, 5.41) is 2.10. The van der Waals surface area contributed by atoms with E-state index >= 15 is 0 Å². The maximum atomic E-state index is 5.92. The van der Waals surface area contributed by atoms with Gasteiger partial charge in [0.1, 0.15) is 11.4 Å². The smallest absolute Gasteiger partial charge is 0.123 e. The summed E-state index contributed by atoms with van der Waals surface area (Å²) in [5.41, 5.74) is 2.51. The molecule has 0 amide bonds. The Morgan fingerprint density at radius 2 is 2.11 bits per heavy atom. The lowest BCUT2D eigenvalue weighted by Crippen LogP contribution is -2.24. The molecule has 0 saturated heterocycles. The van der Waals surface area contributed by atoms with Crippen LogP contribution in [0.5, 0.6) is 5.75 Å². The molecule has 0 spiro atoms. The maximum Gasteiger partial charge on any atom is 0.123 e. The molecule has 100 valence electrons. The number of rotatable bonds is 2. The van der Waals surface area contributed by atoms with Crippen molar-refractivity contribution in [3.63, 3.8) is 0 Å². The highest BCUT2D eigenvalue weighted by Crippen LogP contribution is 2.42. The predicted octanol–water partition coefficient (Wildman–Crippen LogP) is 5.71. The van der Waals surface area contributed by atoms with Crippen molar-refractivity contribution in [1.82, 2.24) is 0 Å². The Balaban J connectivity index is 1.94. The Morgan fingerprint density at radius 3 is 2.79 bits per heavy atom. The molecule has 4 heteroatoms. The van der Waals surface area contributed by atoms with Crippen LogP contribution in [-0.4, -0.2) is 5.60 Å². The molecule has 0 bridgehead atoms. The van der Waals surface area contributed by atoms with Crippen LogP contribution in [0, 0.1) is 0 Å². The number of hydrogen-bond acceptors (Lipinski definition) is 2. The van der Waals surface area contributed by atoms with E-state index in [2.05, 4.69) is 75.4 Å². The minimum atomic E-state index is -0.0771. The molecule has 1 aromatic carbocycles. The van der Waals surface area contributed by atoms with Gasteiger partial charge in [0.15, 0.2) is 0 Å². The van der Waals surface area contributed by atoms with Crippen molar-refractivity contribution in [2.24, 2.45) is 0 Å². The van der Waals surface area contributed by atoms with E-state index in [1.165, 1.54) is 16.0 Å². The second-order valence-electron chi connectivity index (χ2n) is 5.40. The molecule has 2 aromatic rings.